The highest BCUT2D eigenvalue weighted by atomic mass is 16.6. The summed E-state index contributed by atoms with van der Waals surface area (Å²) in [5.74, 6) is -0.241. The number of carbonyl (C=O) groups is 1. The molecule has 2 rings (SSSR count). The number of anilines is 1. The third-order valence-corrected chi connectivity index (χ3v) is 3.41. The summed E-state index contributed by atoms with van der Waals surface area (Å²) >= 11 is 0. The van der Waals surface area contributed by atoms with Crippen molar-refractivity contribution in [3.05, 3.63) is 27.9 Å². The smallest absolute Gasteiger partial charge is 0.288 e. The SMILES string of the molecule is CC1CCCCN1C(=O)c1cc([N+](=O)[O-])cnc1N. The molecule has 0 spiro atoms. The summed E-state index contributed by atoms with van der Waals surface area (Å²) in [6.45, 7) is 2.63. The number of amides is 1. The number of nitro groups is 1. The number of aromatic nitrogens is 1. The molecule has 1 saturated heterocycles. The number of hydrogen-bond donors (Lipinski definition) is 1. The third kappa shape index (κ3) is 2.64. The minimum atomic E-state index is -0.581. The second kappa shape index (κ2) is 5.21. The van der Waals surface area contributed by atoms with Crippen LogP contribution in [0.15, 0.2) is 12.3 Å². The Bertz CT molecular complexity index is 518. The fraction of sp³-hybridized carbons (Fsp3) is 0.500. The Kier molecular flexibility index (Phi) is 3.64. The van der Waals surface area contributed by atoms with E-state index in [4.69, 9.17) is 5.73 Å². The van der Waals surface area contributed by atoms with Crippen LogP contribution >= 0.6 is 0 Å². The van der Waals surface area contributed by atoms with Crippen molar-refractivity contribution in [3.63, 3.8) is 0 Å². The normalized spacial score (nSPS) is 19.2. The van der Waals surface area contributed by atoms with Crippen molar-refractivity contribution >= 4 is 17.4 Å². The van der Waals surface area contributed by atoms with Gasteiger partial charge in [0.2, 0.25) is 0 Å². The van der Waals surface area contributed by atoms with E-state index >= 15 is 0 Å². The summed E-state index contributed by atoms with van der Waals surface area (Å²) in [6.07, 6.45) is 4.03. The monoisotopic (exact) mass is 264 g/mol. The molecule has 102 valence electrons. The number of nitrogen functional groups attached to an aromatic ring is 1. The van der Waals surface area contributed by atoms with Gasteiger partial charge in [-0.15, -0.1) is 0 Å². The number of nitrogens with zero attached hydrogens (tertiary/aromatic N) is 3. The van der Waals surface area contributed by atoms with Gasteiger partial charge in [-0.05, 0) is 26.2 Å². The standard InChI is InChI=1S/C12H16N4O3/c1-8-4-2-3-5-15(8)12(17)10-6-9(16(18)19)7-14-11(10)13/h6-8H,2-5H2,1H3,(H2,13,14). The first-order chi connectivity index (χ1) is 9.00. The summed E-state index contributed by atoms with van der Waals surface area (Å²) in [6, 6.07) is 1.33. The van der Waals surface area contributed by atoms with Crippen LogP contribution < -0.4 is 5.73 Å². The summed E-state index contributed by atoms with van der Waals surface area (Å²) in [4.78, 5) is 28.0. The molecular weight excluding hydrogens is 248 g/mol. The van der Waals surface area contributed by atoms with Crippen LogP contribution in [0, 0.1) is 10.1 Å². The van der Waals surface area contributed by atoms with Crippen LogP contribution in [0.5, 0.6) is 0 Å². The van der Waals surface area contributed by atoms with Crippen molar-refractivity contribution in [3.8, 4) is 0 Å². The molecular formula is C12H16N4O3. The van der Waals surface area contributed by atoms with Crippen LogP contribution in [0.25, 0.3) is 0 Å². The summed E-state index contributed by atoms with van der Waals surface area (Å²) < 4.78 is 0. The zero-order chi connectivity index (χ0) is 14.0. The van der Waals surface area contributed by atoms with Gasteiger partial charge in [-0.25, -0.2) is 4.98 Å². The van der Waals surface area contributed by atoms with Crippen molar-refractivity contribution in [2.45, 2.75) is 32.2 Å². The molecule has 1 aromatic heterocycles. The molecule has 0 bridgehead atoms. The van der Waals surface area contributed by atoms with Gasteiger partial charge in [0.25, 0.3) is 11.6 Å². The van der Waals surface area contributed by atoms with Gasteiger partial charge in [-0.2, -0.15) is 0 Å². The molecule has 1 aromatic rings. The minimum Gasteiger partial charge on any atom is -0.383 e. The third-order valence-electron chi connectivity index (χ3n) is 3.41. The topological polar surface area (TPSA) is 102 Å². The Morgan fingerprint density at radius 1 is 1.58 bits per heavy atom. The minimum absolute atomic E-state index is 0.0355. The highest BCUT2D eigenvalue weighted by Gasteiger charge is 2.27. The maximum Gasteiger partial charge on any atom is 0.288 e. The Morgan fingerprint density at radius 3 is 2.95 bits per heavy atom. The number of rotatable bonds is 2. The van der Waals surface area contributed by atoms with E-state index in [1.807, 2.05) is 6.92 Å². The Labute approximate surface area is 110 Å². The summed E-state index contributed by atoms with van der Waals surface area (Å²) in [5.41, 5.74) is 5.56. The van der Waals surface area contributed by atoms with E-state index in [9.17, 15) is 14.9 Å². The average Bonchev–Trinajstić information content (AvgIpc) is 2.38. The molecule has 7 heteroatoms. The van der Waals surface area contributed by atoms with Crippen molar-refractivity contribution in [1.82, 2.24) is 9.88 Å². The molecule has 1 fully saturated rings. The number of piperidine rings is 1. The molecule has 2 N–H and O–H groups in total. The summed E-state index contributed by atoms with van der Waals surface area (Å²) in [5, 5.41) is 10.7. The molecule has 1 aliphatic heterocycles. The fourth-order valence-electron chi connectivity index (χ4n) is 2.29. The predicted octanol–water partition coefficient (Wildman–Crippen LogP) is 1.59. The molecule has 0 aliphatic carbocycles. The van der Waals surface area contributed by atoms with Gasteiger partial charge in [0.05, 0.1) is 10.5 Å². The zero-order valence-corrected chi connectivity index (χ0v) is 10.7. The molecule has 1 unspecified atom stereocenters. The lowest BCUT2D eigenvalue weighted by molar-refractivity contribution is -0.385. The lowest BCUT2D eigenvalue weighted by Gasteiger charge is -2.33. The molecule has 7 nitrogen and oxygen atoms in total. The largest absolute Gasteiger partial charge is 0.383 e. The lowest BCUT2D eigenvalue weighted by Crippen LogP contribution is -2.42. The van der Waals surface area contributed by atoms with Gasteiger partial charge in [0.1, 0.15) is 12.0 Å². The number of nitrogens with two attached hydrogens (primary N) is 1. The summed E-state index contributed by atoms with van der Waals surface area (Å²) in [7, 11) is 0. The number of carbonyl (C=O) groups excluding carboxylic acids is 1. The van der Waals surface area contributed by atoms with Crippen molar-refractivity contribution in [2.24, 2.45) is 0 Å². The molecule has 0 aromatic carbocycles. The fourth-order valence-corrected chi connectivity index (χ4v) is 2.29. The maximum absolute atomic E-state index is 12.4. The van der Waals surface area contributed by atoms with Crippen LogP contribution in [0.3, 0.4) is 0 Å². The zero-order valence-electron chi connectivity index (χ0n) is 10.7. The Hall–Kier alpha value is -2.18. The predicted molar refractivity (Wildman–Crippen MR) is 69.7 cm³/mol. The highest BCUT2D eigenvalue weighted by molar-refractivity contribution is 5.99. The number of pyridine rings is 1. The second-order valence-electron chi connectivity index (χ2n) is 4.73. The van der Waals surface area contributed by atoms with Gasteiger partial charge in [0, 0.05) is 18.7 Å². The van der Waals surface area contributed by atoms with Gasteiger partial charge in [-0.1, -0.05) is 0 Å². The van der Waals surface area contributed by atoms with Crippen LogP contribution in [0.1, 0.15) is 36.5 Å². The van der Waals surface area contributed by atoms with E-state index in [-0.39, 0.29) is 29.0 Å². The quantitative estimate of drug-likeness (QED) is 0.645. The van der Waals surface area contributed by atoms with Crippen LogP contribution in [0.4, 0.5) is 11.5 Å². The van der Waals surface area contributed by atoms with Crippen molar-refractivity contribution in [2.75, 3.05) is 12.3 Å². The van der Waals surface area contributed by atoms with Crippen LogP contribution in [-0.4, -0.2) is 33.3 Å². The highest BCUT2D eigenvalue weighted by Crippen LogP contribution is 2.23. The van der Waals surface area contributed by atoms with Crippen LogP contribution in [-0.2, 0) is 0 Å². The molecule has 0 radical (unpaired) electrons. The molecule has 1 atom stereocenters. The molecule has 1 amide bonds. The first kappa shape index (κ1) is 13.3. The molecule has 0 saturated carbocycles. The van der Waals surface area contributed by atoms with E-state index < -0.39 is 4.92 Å². The van der Waals surface area contributed by atoms with Crippen molar-refractivity contribution in [1.29, 1.82) is 0 Å². The van der Waals surface area contributed by atoms with Gasteiger partial charge >= 0.3 is 0 Å². The van der Waals surface area contributed by atoms with Gasteiger partial charge in [-0.3, -0.25) is 14.9 Å². The van der Waals surface area contributed by atoms with Crippen molar-refractivity contribution < 1.29 is 9.72 Å². The molecule has 1 aliphatic rings. The van der Waals surface area contributed by atoms with E-state index in [1.165, 1.54) is 6.07 Å². The van der Waals surface area contributed by atoms with Gasteiger partial charge in [0.15, 0.2) is 0 Å². The number of likely N-dealkylation sites (tertiary alicyclic amines) is 1. The van der Waals surface area contributed by atoms with E-state index in [1.54, 1.807) is 4.90 Å². The average molecular weight is 264 g/mol. The van der Waals surface area contributed by atoms with Gasteiger partial charge < -0.3 is 10.6 Å². The first-order valence-electron chi connectivity index (χ1n) is 6.21. The molecule has 19 heavy (non-hydrogen) atoms. The first-order valence-corrected chi connectivity index (χ1v) is 6.21. The Balaban J connectivity index is 2.32. The van der Waals surface area contributed by atoms with Crippen LogP contribution in [0.2, 0.25) is 0 Å². The Morgan fingerprint density at radius 2 is 2.32 bits per heavy atom. The van der Waals surface area contributed by atoms with E-state index in [0.29, 0.717) is 6.54 Å². The lowest BCUT2D eigenvalue weighted by atomic mass is 10.0. The van der Waals surface area contributed by atoms with E-state index in [2.05, 4.69) is 4.98 Å². The second-order valence-corrected chi connectivity index (χ2v) is 4.73. The maximum atomic E-state index is 12.4. The molecule has 2 heterocycles. The number of hydrogen-bond acceptors (Lipinski definition) is 5. The van der Waals surface area contributed by atoms with E-state index in [0.717, 1.165) is 25.5 Å².